The number of carbonyl (C=O) groups is 2. The minimum absolute atomic E-state index is 0.0157. The van der Waals surface area contributed by atoms with E-state index in [9.17, 15) is 18.0 Å². The van der Waals surface area contributed by atoms with E-state index in [1.807, 2.05) is 0 Å². The Morgan fingerprint density at radius 1 is 1.10 bits per heavy atom. The summed E-state index contributed by atoms with van der Waals surface area (Å²) in [7, 11) is -3.62. The monoisotopic (exact) mass is 426 g/mol. The number of unbranched alkanes of at least 4 members (excludes halogenated alkanes) is 2. The van der Waals surface area contributed by atoms with E-state index in [-0.39, 0.29) is 17.4 Å². The van der Waals surface area contributed by atoms with Crippen LogP contribution < -0.4 is 10.2 Å². The zero-order valence-corrected chi connectivity index (χ0v) is 18.1. The number of amides is 1. The summed E-state index contributed by atoms with van der Waals surface area (Å²) in [6.07, 6.45) is 3.20. The van der Waals surface area contributed by atoms with Crippen molar-refractivity contribution in [3.8, 4) is 0 Å². The fourth-order valence-corrected chi connectivity index (χ4v) is 4.68. The second-order valence-electron chi connectivity index (χ2n) is 7.13. The van der Waals surface area contributed by atoms with Crippen molar-refractivity contribution in [3.63, 3.8) is 0 Å². The number of esters is 1. The lowest BCUT2D eigenvalue weighted by molar-refractivity contribution is -0.895. The van der Waals surface area contributed by atoms with E-state index in [0.717, 1.165) is 24.2 Å². The van der Waals surface area contributed by atoms with Crippen LogP contribution in [0.25, 0.3) is 0 Å². The van der Waals surface area contributed by atoms with Gasteiger partial charge in [-0.25, -0.2) is 13.2 Å². The third-order valence-corrected chi connectivity index (χ3v) is 6.86. The van der Waals surface area contributed by atoms with Crippen molar-refractivity contribution in [3.05, 3.63) is 29.8 Å². The Labute approximate surface area is 173 Å². The SMILES string of the molecule is CCCCCNC(=O)C[NH+]1CCN(S(=O)(=O)c2ccc(C(=O)OCC)cc2)CC1. The van der Waals surface area contributed by atoms with Crippen LogP contribution in [0.4, 0.5) is 0 Å². The van der Waals surface area contributed by atoms with Crippen LogP contribution in [0.1, 0.15) is 43.5 Å². The van der Waals surface area contributed by atoms with Crippen molar-refractivity contribution in [2.75, 3.05) is 45.9 Å². The van der Waals surface area contributed by atoms with Gasteiger partial charge in [0.2, 0.25) is 10.0 Å². The van der Waals surface area contributed by atoms with Gasteiger partial charge in [-0.3, -0.25) is 4.79 Å². The molecule has 1 heterocycles. The molecule has 0 unspecified atom stereocenters. The molecule has 29 heavy (non-hydrogen) atoms. The van der Waals surface area contributed by atoms with Crippen LogP contribution in [-0.2, 0) is 19.6 Å². The lowest BCUT2D eigenvalue weighted by atomic mass is 10.2. The van der Waals surface area contributed by atoms with E-state index in [2.05, 4.69) is 12.2 Å². The zero-order chi connectivity index (χ0) is 21.3. The van der Waals surface area contributed by atoms with E-state index in [1.54, 1.807) is 6.92 Å². The van der Waals surface area contributed by atoms with Crippen molar-refractivity contribution in [1.82, 2.24) is 9.62 Å². The molecule has 0 bridgehead atoms. The Morgan fingerprint density at radius 2 is 1.76 bits per heavy atom. The maximum Gasteiger partial charge on any atom is 0.338 e. The number of piperazine rings is 1. The maximum atomic E-state index is 12.8. The largest absolute Gasteiger partial charge is 0.462 e. The first-order chi connectivity index (χ1) is 13.9. The molecule has 1 fully saturated rings. The highest BCUT2D eigenvalue weighted by molar-refractivity contribution is 7.89. The van der Waals surface area contributed by atoms with Crippen LogP contribution >= 0.6 is 0 Å². The molecular weight excluding hydrogens is 394 g/mol. The predicted octanol–water partition coefficient (Wildman–Crippen LogP) is 0.0589. The van der Waals surface area contributed by atoms with Gasteiger partial charge in [0, 0.05) is 6.54 Å². The van der Waals surface area contributed by atoms with Crippen molar-refractivity contribution >= 4 is 21.9 Å². The average molecular weight is 427 g/mol. The second kappa shape index (κ2) is 11.3. The van der Waals surface area contributed by atoms with E-state index >= 15 is 0 Å². The highest BCUT2D eigenvalue weighted by Gasteiger charge is 2.31. The minimum atomic E-state index is -3.62. The third-order valence-electron chi connectivity index (χ3n) is 4.95. The van der Waals surface area contributed by atoms with Gasteiger partial charge in [-0.1, -0.05) is 19.8 Å². The third kappa shape index (κ3) is 6.80. The van der Waals surface area contributed by atoms with Crippen LogP contribution in [0.5, 0.6) is 0 Å². The molecular formula is C20H32N3O5S+. The number of nitrogens with zero attached hydrogens (tertiary/aromatic N) is 1. The zero-order valence-electron chi connectivity index (χ0n) is 17.3. The van der Waals surface area contributed by atoms with E-state index in [1.165, 1.54) is 28.6 Å². The van der Waals surface area contributed by atoms with Gasteiger partial charge in [0.05, 0.1) is 43.2 Å². The van der Waals surface area contributed by atoms with Crippen LogP contribution in [-0.4, -0.2) is 70.5 Å². The first kappa shape index (κ1) is 23.3. The van der Waals surface area contributed by atoms with E-state index < -0.39 is 16.0 Å². The summed E-state index contributed by atoms with van der Waals surface area (Å²) < 4.78 is 32.0. The minimum Gasteiger partial charge on any atom is -0.462 e. The molecule has 0 atom stereocenters. The molecule has 2 N–H and O–H groups in total. The lowest BCUT2D eigenvalue weighted by Crippen LogP contribution is -3.15. The summed E-state index contributed by atoms with van der Waals surface area (Å²) in [5, 5.41) is 2.93. The molecule has 1 aliphatic rings. The topological polar surface area (TPSA) is 97.2 Å². The van der Waals surface area contributed by atoms with Gasteiger partial charge >= 0.3 is 5.97 Å². The number of sulfonamides is 1. The second-order valence-corrected chi connectivity index (χ2v) is 9.07. The summed E-state index contributed by atoms with van der Waals surface area (Å²) in [4.78, 5) is 25.0. The van der Waals surface area contributed by atoms with Gasteiger partial charge in [-0.05, 0) is 37.6 Å². The summed E-state index contributed by atoms with van der Waals surface area (Å²) in [6, 6.07) is 5.81. The Bertz CT molecular complexity index is 772. The average Bonchev–Trinajstić information content (AvgIpc) is 2.72. The summed E-state index contributed by atoms with van der Waals surface area (Å²) in [5.74, 6) is -0.455. The van der Waals surface area contributed by atoms with Gasteiger partial charge < -0.3 is 15.0 Å². The standard InChI is InChI=1S/C20H31N3O5S/c1-3-5-6-11-21-19(24)16-22-12-14-23(15-13-22)29(26,27)18-9-7-17(8-10-18)20(25)28-4-2/h7-10H,3-6,11-16H2,1-2H3,(H,21,24)/p+1. The number of benzene rings is 1. The van der Waals surface area contributed by atoms with Crippen molar-refractivity contribution in [2.24, 2.45) is 0 Å². The molecule has 162 valence electrons. The Morgan fingerprint density at radius 3 is 2.34 bits per heavy atom. The fourth-order valence-electron chi connectivity index (χ4n) is 3.24. The van der Waals surface area contributed by atoms with E-state index in [4.69, 9.17) is 4.74 Å². The number of quaternary nitrogens is 1. The van der Waals surface area contributed by atoms with Crippen molar-refractivity contribution < 1.29 is 27.6 Å². The molecule has 1 aromatic rings. The number of rotatable bonds is 10. The Kier molecular flexibility index (Phi) is 9.06. The van der Waals surface area contributed by atoms with Gasteiger partial charge in [0.15, 0.2) is 6.54 Å². The molecule has 0 spiro atoms. The molecule has 0 aliphatic carbocycles. The summed E-state index contributed by atoms with van der Waals surface area (Å²) >= 11 is 0. The van der Waals surface area contributed by atoms with Gasteiger partial charge in [0.1, 0.15) is 0 Å². The number of carbonyl (C=O) groups excluding carboxylic acids is 2. The number of hydrogen-bond donors (Lipinski definition) is 2. The number of ether oxygens (including phenoxy) is 1. The molecule has 1 aliphatic heterocycles. The van der Waals surface area contributed by atoms with Crippen LogP contribution in [0.15, 0.2) is 29.2 Å². The fraction of sp³-hybridized carbons (Fsp3) is 0.600. The van der Waals surface area contributed by atoms with Crippen LogP contribution in [0, 0.1) is 0 Å². The van der Waals surface area contributed by atoms with Gasteiger partial charge in [0.25, 0.3) is 5.91 Å². The first-order valence-corrected chi connectivity index (χ1v) is 11.7. The molecule has 0 saturated carbocycles. The van der Waals surface area contributed by atoms with Gasteiger partial charge in [-0.15, -0.1) is 0 Å². The Balaban J connectivity index is 1.86. The summed E-state index contributed by atoms with van der Waals surface area (Å²) in [5.41, 5.74) is 0.324. The van der Waals surface area contributed by atoms with Crippen molar-refractivity contribution in [1.29, 1.82) is 0 Å². The van der Waals surface area contributed by atoms with Crippen LogP contribution in [0.3, 0.4) is 0 Å². The van der Waals surface area contributed by atoms with E-state index in [0.29, 0.717) is 44.8 Å². The number of nitrogens with one attached hydrogen (secondary N) is 2. The smallest absolute Gasteiger partial charge is 0.338 e. The van der Waals surface area contributed by atoms with Gasteiger partial charge in [-0.2, -0.15) is 4.31 Å². The maximum absolute atomic E-state index is 12.8. The predicted molar refractivity (Wildman–Crippen MR) is 109 cm³/mol. The highest BCUT2D eigenvalue weighted by atomic mass is 32.2. The number of hydrogen-bond acceptors (Lipinski definition) is 5. The van der Waals surface area contributed by atoms with Crippen molar-refractivity contribution in [2.45, 2.75) is 38.0 Å². The first-order valence-electron chi connectivity index (χ1n) is 10.3. The Hall–Kier alpha value is -1.97. The normalized spacial score (nSPS) is 15.8. The quantitative estimate of drug-likeness (QED) is 0.407. The molecule has 9 heteroatoms. The van der Waals surface area contributed by atoms with Crippen LogP contribution in [0.2, 0.25) is 0 Å². The molecule has 1 amide bonds. The molecule has 1 saturated heterocycles. The summed E-state index contributed by atoms with van der Waals surface area (Å²) in [6.45, 7) is 7.06. The highest BCUT2D eigenvalue weighted by Crippen LogP contribution is 2.17. The molecule has 1 aromatic carbocycles. The lowest BCUT2D eigenvalue weighted by Gasteiger charge is -2.31. The molecule has 2 rings (SSSR count). The molecule has 0 radical (unpaired) electrons. The molecule has 8 nitrogen and oxygen atoms in total. The molecule has 0 aromatic heterocycles.